The highest BCUT2D eigenvalue weighted by atomic mass is 32.2. The van der Waals surface area contributed by atoms with E-state index in [9.17, 15) is 30.8 Å². The standard InChI is InChI=1S/C28H25F4N7O3S2/c1-37-15-24(35-36-37)44(41,42)39(20-8-9-20)21-5-2-17-10-22-16(13-34-38(22)19-6-3-18(29)4-7-19)11-27(17,12-21)25(40)26-33-14-23(43-26)28(30,31)32/h3-4,6-7,10,13-15,20-21H,2,5,8-9,11-12H2,1H3/t21-,27-/m0/s1. The molecule has 2 atom stereocenters. The predicted octanol–water partition coefficient (Wildman–Crippen LogP) is 4.83. The number of ketones is 1. The van der Waals surface area contributed by atoms with Crippen LogP contribution in [-0.2, 0) is 29.7 Å². The van der Waals surface area contributed by atoms with Crippen molar-refractivity contribution in [3.63, 3.8) is 0 Å². The fourth-order valence-corrected chi connectivity index (χ4v) is 9.02. The van der Waals surface area contributed by atoms with E-state index in [-0.39, 0.29) is 40.3 Å². The molecule has 0 aliphatic heterocycles. The molecular weight excluding hydrogens is 622 g/mol. The first-order valence-electron chi connectivity index (χ1n) is 13.9. The average molecular weight is 648 g/mol. The van der Waals surface area contributed by atoms with Crippen molar-refractivity contribution in [3.8, 4) is 5.69 Å². The number of thiazole rings is 1. The largest absolute Gasteiger partial charge is 0.427 e. The molecule has 0 unspecified atom stereocenters. The number of benzene rings is 1. The number of hydrogen-bond acceptors (Lipinski definition) is 8. The van der Waals surface area contributed by atoms with Crippen LogP contribution in [0.2, 0.25) is 0 Å². The third kappa shape index (κ3) is 4.79. The average Bonchev–Trinajstić information content (AvgIpc) is 3.34. The van der Waals surface area contributed by atoms with Crippen LogP contribution >= 0.6 is 11.3 Å². The van der Waals surface area contributed by atoms with Crippen molar-refractivity contribution < 1.29 is 30.8 Å². The summed E-state index contributed by atoms with van der Waals surface area (Å²) < 4.78 is 86.2. The first-order chi connectivity index (χ1) is 20.9. The number of alkyl halides is 3. The van der Waals surface area contributed by atoms with Gasteiger partial charge in [0.15, 0.2) is 5.01 Å². The number of aromatic nitrogens is 6. The molecule has 7 rings (SSSR count). The lowest BCUT2D eigenvalue weighted by Crippen LogP contribution is -2.51. The number of allylic oxidation sites excluding steroid dienone is 1. The summed E-state index contributed by atoms with van der Waals surface area (Å²) in [6.45, 7) is 0. The maximum atomic E-state index is 14.4. The van der Waals surface area contributed by atoms with Crippen molar-refractivity contribution in [1.82, 2.24) is 34.1 Å². The molecule has 16 heteroatoms. The maximum Gasteiger partial charge on any atom is 0.427 e. The number of nitrogens with zero attached hydrogens (tertiary/aromatic N) is 7. The van der Waals surface area contributed by atoms with Crippen molar-refractivity contribution in [1.29, 1.82) is 0 Å². The Bertz CT molecular complexity index is 1910. The molecule has 2 saturated carbocycles. The number of aryl methyl sites for hydroxylation is 1. The summed E-state index contributed by atoms with van der Waals surface area (Å²) in [4.78, 5) is 17.3. The molecule has 0 saturated heterocycles. The Balaban J connectivity index is 1.32. The van der Waals surface area contributed by atoms with Crippen molar-refractivity contribution >= 4 is 33.2 Å². The highest BCUT2D eigenvalue weighted by molar-refractivity contribution is 7.89. The molecule has 230 valence electrons. The molecule has 4 aromatic rings. The SMILES string of the molecule is Cn1cc(S(=O)(=O)N(C2CC2)[C@H]2CCC3=Cc4c(cnn4-c4ccc(F)cc4)C[C@]3(C(=O)c3ncc(C(F)(F)F)s3)C2)nn1. The Kier molecular flexibility index (Phi) is 6.68. The van der Waals surface area contributed by atoms with Crippen LogP contribution in [0.25, 0.3) is 11.8 Å². The van der Waals surface area contributed by atoms with Gasteiger partial charge in [-0.2, -0.15) is 22.6 Å². The topological polar surface area (TPSA) is 116 Å². The lowest BCUT2D eigenvalue weighted by molar-refractivity contribution is -0.134. The van der Waals surface area contributed by atoms with Gasteiger partial charge in [-0.15, -0.1) is 16.4 Å². The summed E-state index contributed by atoms with van der Waals surface area (Å²) in [5, 5.41) is 11.6. The number of carbonyl (C=O) groups is 1. The molecular formula is C28H25F4N7O3S2. The zero-order valence-corrected chi connectivity index (χ0v) is 24.8. The van der Waals surface area contributed by atoms with E-state index in [2.05, 4.69) is 20.4 Å². The first kappa shape index (κ1) is 29.0. The van der Waals surface area contributed by atoms with Crippen LogP contribution in [0, 0.1) is 11.2 Å². The van der Waals surface area contributed by atoms with Crippen molar-refractivity contribution in [2.24, 2.45) is 12.5 Å². The summed E-state index contributed by atoms with van der Waals surface area (Å²) in [5.41, 5.74) is 1.26. The van der Waals surface area contributed by atoms with E-state index in [1.54, 1.807) is 30.1 Å². The van der Waals surface area contributed by atoms with Gasteiger partial charge in [-0.3, -0.25) is 9.48 Å². The molecule has 1 aromatic carbocycles. The normalized spacial score (nSPS) is 22.0. The quantitative estimate of drug-likeness (QED) is 0.209. The lowest BCUT2D eigenvalue weighted by Gasteiger charge is -2.46. The van der Waals surface area contributed by atoms with Gasteiger partial charge in [0.05, 0.1) is 35.4 Å². The summed E-state index contributed by atoms with van der Waals surface area (Å²) in [6, 6.07) is 4.87. The molecule has 0 radical (unpaired) electrons. The molecule has 0 bridgehead atoms. The third-order valence-electron chi connectivity index (χ3n) is 8.51. The highest BCUT2D eigenvalue weighted by Gasteiger charge is 2.54. The molecule has 0 spiro atoms. The summed E-state index contributed by atoms with van der Waals surface area (Å²) in [6.07, 6.45) is 2.88. The van der Waals surface area contributed by atoms with Crippen LogP contribution in [0.4, 0.5) is 17.6 Å². The number of halogens is 4. The fraction of sp³-hybridized carbons (Fsp3) is 0.393. The van der Waals surface area contributed by atoms with Crippen molar-refractivity contribution in [3.05, 3.63) is 75.4 Å². The maximum absolute atomic E-state index is 14.4. The van der Waals surface area contributed by atoms with E-state index in [1.165, 1.54) is 27.3 Å². The summed E-state index contributed by atoms with van der Waals surface area (Å²) >= 11 is 0.288. The smallest absolute Gasteiger partial charge is 0.290 e. The van der Waals surface area contributed by atoms with Crippen LogP contribution in [0.15, 0.2) is 53.5 Å². The second kappa shape index (κ2) is 10.1. The van der Waals surface area contributed by atoms with Gasteiger partial charge in [-0.05, 0) is 74.4 Å². The number of carbonyl (C=O) groups excluding carboxylic acids is 1. The van der Waals surface area contributed by atoms with Gasteiger partial charge in [-0.1, -0.05) is 10.8 Å². The molecule has 3 aliphatic carbocycles. The first-order valence-corrected chi connectivity index (χ1v) is 16.1. The van der Waals surface area contributed by atoms with E-state index in [0.717, 1.165) is 0 Å². The Hall–Kier alpha value is -3.76. The summed E-state index contributed by atoms with van der Waals surface area (Å²) in [5.74, 6) is -0.990. The van der Waals surface area contributed by atoms with E-state index in [0.29, 0.717) is 54.4 Å². The minimum absolute atomic E-state index is 0.0513. The molecule has 3 heterocycles. The number of rotatable bonds is 7. The number of hydrogen-bond donors (Lipinski definition) is 0. The molecule has 2 fully saturated rings. The monoisotopic (exact) mass is 647 g/mol. The van der Waals surface area contributed by atoms with Gasteiger partial charge >= 0.3 is 6.18 Å². The Morgan fingerprint density at radius 3 is 2.50 bits per heavy atom. The Morgan fingerprint density at radius 2 is 1.86 bits per heavy atom. The van der Waals surface area contributed by atoms with Crippen LogP contribution in [0.1, 0.15) is 58.0 Å². The second-order valence-corrected chi connectivity index (χ2v) is 14.2. The minimum atomic E-state index is -4.66. The molecule has 3 aliphatic rings. The Morgan fingerprint density at radius 1 is 1.11 bits per heavy atom. The molecule has 10 nitrogen and oxygen atoms in total. The van der Waals surface area contributed by atoms with E-state index >= 15 is 0 Å². The second-order valence-electron chi connectivity index (χ2n) is 11.4. The zero-order chi connectivity index (χ0) is 31.0. The molecule has 0 N–H and O–H groups in total. The summed E-state index contributed by atoms with van der Waals surface area (Å²) in [7, 11) is -2.52. The number of fused-ring (bicyclic) bond motifs is 2. The van der Waals surface area contributed by atoms with Crippen LogP contribution in [0.5, 0.6) is 0 Å². The van der Waals surface area contributed by atoms with Gasteiger partial charge in [0.2, 0.25) is 10.8 Å². The van der Waals surface area contributed by atoms with E-state index in [4.69, 9.17) is 0 Å². The predicted molar refractivity (Wildman–Crippen MR) is 150 cm³/mol. The van der Waals surface area contributed by atoms with Crippen LogP contribution in [0.3, 0.4) is 0 Å². The lowest BCUT2D eigenvalue weighted by atomic mass is 9.61. The molecule has 0 amide bonds. The molecule has 44 heavy (non-hydrogen) atoms. The van der Waals surface area contributed by atoms with E-state index < -0.39 is 44.1 Å². The Labute approximate surface area is 253 Å². The van der Waals surface area contributed by atoms with Crippen molar-refractivity contribution in [2.45, 2.75) is 61.8 Å². The van der Waals surface area contributed by atoms with Crippen LogP contribution in [-0.4, -0.2) is 60.3 Å². The van der Waals surface area contributed by atoms with Crippen molar-refractivity contribution in [2.75, 3.05) is 0 Å². The van der Waals surface area contributed by atoms with Crippen LogP contribution < -0.4 is 0 Å². The third-order valence-corrected chi connectivity index (χ3v) is 11.4. The van der Waals surface area contributed by atoms with Gasteiger partial charge in [0.25, 0.3) is 10.0 Å². The van der Waals surface area contributed by atoms with Gasteiger partial charge in [0.1, 0.15) is 10.7 Å². The van der Waals surface area contributed by atoms with E-state index in [1.807, 2.05) is 6.08 Å². The zero-order valence-electron chi connectivity index (χ0n) is 23.2. The number of sulfonamides is 1. The number of Topliss-reactive ketones (excluding diaryl/α,β-unsaturated/α-hetero) is 1. The van der Waals surface area contributed by atoms with Gasteiger partial charge < -0.3 is 0 Å². The van der Waals surface area contributed by atoms with Gasteiger partial charge in [0, 0.05) is 19.1 Å². The highest BCUT2D eigenvalue weighted by Crippen LogP contribution is 2.53. The minimum Gasteiger partial charge on any atom is -0.290 e. The van der Waals surface area contributed by atoms with Gasteiger partial charge in [-0.25, -0.2) is 22.5 Å². The fourth-order valence-electron chi connectivity index (χ4n) is 6.38. The molecule has 3 aromatic heterocycles.